The second kappa shape index (κ2) is 5.34. The van der Waals surface area contributed by atoms with Crippen LogP contribution in [0.15, 0.2) is 18.2 Å². The summed E-state index contributed by atoms with van der Waals surface area (Å²) in [6, 6.07) is 3.43. The summed E-state index contributed by atoms with van der Waals surface area (Å²) in [7, 11) is 0. The Hall–Kier alpha value is -2.13. The SMILES string of the molecule is CC(c1ccc2nc(C(F)(F)F)[nH]c2c1)C(N)C(=O)ON. The van der Waals surface area contributed by atoms with E-state index in [0.29, 0.717) is 5.56 Å². The highest BCUT2D eigenvalue weighted by Gasteiger charge is 2.34. The fourth-order valence-electron chi connectivity index (χ4n) is 1.93. The van der Waals surface area contributed by atoms with Crippen molar-refractivity contribution in [1.29, 1.82) is 0 Å². The van der Waals surface area contributed by atoms with Gasteiger partial charge >= 0.3 is 12.1 Å². The maximum atomic E-state index is 12.6. The van der Waals surface area contributed by atoms with Gasteiger partial charge in [-0.15, -0.1) is 0 Å². The third kappa shape index (κ3) is 2.98. The number of H-pyrrole nitrogens is 1. The van der Waals surface area contributed by atoms with Gasteiger partial charge in [-0.1, -0.05) is 13.0 Å². The first-order valence-corrected chi connectivity index (χ1v) is 5.97. The molecule has 0 amide bonds. The summed E-state index contributed by atoms with van der Waals surface area (Å²) in [5.74, 6) is 2.40. The lowest BCUT2D eigenvalue weighted by molar-refractivity contribution is -0.146. The number of hydrogen-bond donors (Lipinski definition) is 3. The Morgan fingerprint density at radius 3 is 2.67 bits per heavy atom. The number of aromatic nitrogens is 2. The van der Waals surface area contributed by atoms with E-state index in [1.165, 1.54) is 12.1 Å². The lowest BCUT2D eigenvalue weighted by Gasteiger charge is -2.17. The van der Waals surface area contributed by atoms with E-state index < -0.39 is 29.9 Å². The molecule has 2 rings (SSSR count). The number of carbonyl (C=O) groups excluding carboxylic acids is 1. The third-order valence-electron chi connectivity index (χ3n) is 3.23. The number of fused-ring (bicyclic) bond motifs is 1. The van der Waals surface area contributed by atoms with Crippen LogP contribution in [0.25, 0.3) is 11.0 Å². The van der Waals surface area contributed by atoms with Crippen molar-refractivity contribution in [1.82, 2.24) is 9.97 Å². The quantitative estimate of drug-likeness (QED) is 0.743. The van der Waals surface area contributed by atoms with Crippen molar-refractivity contribution in [3.63, 3.8) is 0 Å². The maximum absolute atomic E-state index is 12.6. The molecular weight excluding hydrogens is 289 g/mol. The van der Waals surface area contributed by atoms with Gasteiger partial charge in [0.15, 0.2) is 0 Å². The first-order valence-electron chi connectivity index (χ1n) is 5.97. The van der Waals surface area contributed by atoms with Crippen molar-refractivity contribution in [3.05, 3.63) is 29.6 Å². The van der Waals surface area contributed by atoms with Gasteiger partial charge < -0.3 is 15.6 Å². The van der Waals surface area contributed by atoms with Gasteiger partial charge in [-0.3, -0.25) is 0 Å². The van der Waals surface area contributed by atoms with Gasteiger partial charge in [-0.2, -0.15) is 19.1 Å². The van der Waals surface area contributed by atoms with Crippen LogP contribution in [-0.4, -0.2) is 22.0 Å². The highest BCUT2D eigenvalue weighted by atomic mass is 19.4. The Bertz CT molecular complexity index is 668. The zero-order valence-corrected chi connectivity index (χ0v) is 10.9. The first kappa shape index (κ1) is 15.3. The molecule has 0 saturated heterocycles. The molecule has 1 aromatic carbocycles. The summed E-state index contributed by atoms with van der Waals surface area (Å²) in [6.07, 6.45) is -4.55. The van der Waals surface area contributed by atoms with Gasteiger partial charge in [-0.25, -0.2) is 9.78 Å². The summed E-state index contributed by atoms with van der Waals surface area (Å²) in [5.41, 5.74) is 6.61. The van der Waals surface area contributed by atoms with Crippen molar-refractivity contribution in [2.45, 2.75) is 25.1 Å². The number of imidazole rings is 1. The number of benzene rings is 1. The van der Waals surface area contributed by atoms with Crippen LogP contribution in [0.4, 0.5) is 13.2 Å². The Kier molecular flexibility index (Phi) is 3.88. The summed E-state index contributed by atoms with van der Waals surface area (Å²) in [5, 5.41) is 0. The molecule has 0 saturated carbocycles. The van der Waals surface area contributed by atoms with Crippen LogP contribution in [0.5, 0.6) is 0 Å². The number of halogens is 3. The van der Waals surface area contributed by atoms with E-state index in [4.69, 9.17) is 11.6 Å². The van der Waals surface area contributed by atoms with Gasteiger partial charge in [0.05, 0.1) is 11.0 Å². The minimum Gasteiger partial charge on any atom is -0.372 e. The van der Waals surface area contributed by atoms with Gasteiger partial charge in [0, 0.05) is 5.92 Å². The average Bonchev–Trinajstić information content (AvgIpc) is 2.87. The lowest BCUT2D eigenvalue weighted by atomic mass is 9.93. The monoisotopic (exact) mass is 302 g/mol. The highest BCUT2D eigenvalue weighted by Crippen LogP contribution is 2.30. The van der Waals surface area contributed by atoms with Crippen LogP contribution < -0.4 is 11.6 Å². The molecule has 114 valence electrons. The molecule has 0 aliphatic rings. The van der Waals surface area contributed by atoms with E-state index in [-0.39, 0.29) is 11.0 Å². The Labute approximate surface area is 117 Å². The molecule has 2 unspecified atom stereocenters. The van der Waals surface area contributed by atoms with Crippen LogP contribution in [0.3, 0.4) is 0 Å². The lowest BCUT2D eigenvalue weighted by Crippen LogP contribution is -2.38. The summed E-state index contributed by atoms with van der Waals surface area (Å²) < 4.78 is 37.7. The minimum absolute atomic E-state index is 0.174. The summed E-state index contributed by atoms with van der Waals surface area (Å²) in [6.45, 7) is 1.64. The van der Waals surface area contributed by atoms with Gasteiger partial charge in [0.1, 0.15) is 6.04 Å². The fourth-order valence-corrected chi connectivity index (χ4v) is 1.93. The molecule has 6 nitrogen and oxygen atoms in total. The number of rotatable bonds is 3. The van der Waals surface area contributed by atoms with Crippen molar-refractivity contribution in [3.8, 4) is 0 Å². The van der Waals surface area contributed by atoms with Crippen LogP contribution in [0.2, 0.25) is 0 Å². The molecule has 0 aliphatic heterocycles. The molecule has 1 heterocycles. The number of alkyl halides is 3. The van der Waals surface area contributed by atoms with E-state index in [1.807, 2.05) is 0 Å². The fraction of sp³-hybridized carbons (Fsp3) is 0.333. The number of carbonyl (C=O) groups is 1. The van der Waals surface area contributed by atoms with Gasteiger partial charge in [0.25, 0.3) is 0 Å². The highest BCUT2D eigenvalue weighted by molar-refractivity contribution is 5.79. The van der Waals surface area contributed by atoms with Crippen molar-refractivity contribution >= 4 is 17.0 Å². The minimum atomic E-state index is -4.55. The van der Waals surface area contributed by atoms with Gasteiger partial charge in [0.2, 0.25) is 5.82 Å². The molecule has 2 atom stereocenters. The largest absolute Gasteiger partial charge is 0.449 e. The number of nitrogens with two attached hydrogens (primary N) is 2. The molecule has 0 bridgehead atoms. The molecule has 0 spiro atoms. The average molecular weight is 302 g/mol. The smallest absolute Gasteiger partial charge is 0.372 e. The zero-order chi connectivity index (χ0) is 15.8. The van der Waals surface area contributed by atoms with Crippen LogP contribution >= 0.6 is 0 Å². The number of hydrogen-bond acceptors (Lipinski definition) is 5. The Balaban J connectivity index is 2.36. The number of nitrogens with zero attached hydrogens (tertiary/aromatic N) is 1. The summed E-state index contributed by atoms with van der Waals surface area (Å²) >= 11 is 0. The molecule has 2 aromatic rings. The Morgan fingerprint density at radius 2 is 2.10 bits per heavy atom. The van der Waals surface area contributed by atoms with E-state index >= 15 is 0 Å². The second-order valence-corrected chi connectivity index (χ2v) is 4.61. The molecule has 0 aliphatic carbocycles. The van der Waals surface area contributed by atoms with Crippen LogP contribution in [-0.2, 0) is 15.8 Å². The van der Waals surface area contributed by atoms with Crippen molar-refractivity contribution in [2.24, 2.45) is 11.6 Å². The molecule has 5 N–H and O–H groups in total. The maximum Gasteiger partial charge on any atom is 0.449 e. The van der Waals surface area contributed by atoms with E-state index in [2.05, 4.69) is 14.8 Å². The molecule has 1 aromatic heterocycles. The number of nitrogens with one attached hydrogen (secondary N) is 1. The van der Waals surface area contributed by atoms with Crippen LogP contribution in [0, 0.1) is 0 Å². The van der Waals surface area contributed by atoms with Gasteiger partial charge in [-0.05, 0) is 17.7 Å². The van der Waals surface area contributed by atoms with E-state index in [9.17, 15) is 18.0 Å². The van der Waals surface area contributed by atoms with E-state index in [1.54, 1.807) is 13.0 Å². The molecule has 9 heteroatoms. The molecule has 0 fully saturated rings. The third-order valence-corrected chi connectivity index (χ3v) is 3.23. The predicted octanol–water partition coefficient (Wildman–Crippen LogP) is 1.43. The molecule has 0 radical (unpaired) electrons. The van der Waals surface area contributed by atoms with Crippen molar-refractivity contribution < 1.29 is 22.8 Å². The standard InChI is InChI=1S/C12H13F3N4O2/c1-5(9(16)10(20)21-17)6-2-3-7-8(4-6)19-11(18-7)12(13,14)15/h2-5,9H,16-17H2,1H3,(H,18,19). The zero-order valence-electron chi connectivity index (χ0n) is 10.9. The molecular formula is C12H13F3N4O2. The van der Waals surface area contributed by atoms with E-state index in [0.717, 1.165) is 0 Å². The topological polar surface area (TPSA) is 107 Å². The number of aromatic amines is 1. The summed E-state index contributed by atoms with van der Waals surface area (Å²) in [4.78, 5) is 21.0. The molecule has 21 heavy (non-hydrogen) atoms. The van der Waals surface area contributed by atoms with Crippen LogP contribution in [0.1, 0.15) is 24.2 Å². The first-order chi connectivity index (χ1) is 9.74. The Morgan fingerprint density at radius 1 is 1.43 bits per heavy atom. The predicted molar refractivity (Wildman–Crippen MR) is 67.8 cm³/mol. The normalized spacial score (nSPS) is 15.0. The van der Waals surface area contributed by atoms with Crippen molar-refractivity contribution in [2.75, 3.05) is 0 Å². The second-order valence-electron chi connectivity index (χ2n) is 4.61.